The number of likely N-dealkylation sites (N-methyl/N-ethyl adjacent to an activating group) is 1. The highest BCUT2D eigenvalue weighted by Gasteiger charge is 2.67. The number of H-pyrrole nitrogens is 1. The average molecular weight is 475 g/mol. The molecule has 1 aromatic carbocycles. The molecule has 1 saturated carbocycles. The van der Waals surface area contributed by atoms with E-state index in [2.05, 4.69) is 53.5 Å². The van der Waals surface area contributed by atoms with Crippen LogP contribution in [0, 0.1) is 11.3 Å². The highest BCUT2D eigenvalue weighted by atomic mass is 16.5. The molecule has 7 rings (SSSR count). The molecule has 184 valence electrons. The summed E-state index contributed by atoms with van der Waals surface area (Å²) in [5.74, 6) is 0.858. The Bertz CT molecular complexity index is 1340. The van der Waals surface area contributed by atoms with E-state index in [9.17, 15) is 10.2 Å². The molecule has 3 heterocycles. The Labute approximate surface area is 205 Å². The standard InChI is InChI=1S/C28H34N4O3/c1-26-9-8-16-13-19-23(33)24(34)21(32(2)3)14-27(19)10-11-28(16,35-27)22(26)7-6-18(26)15-4-5-17-20(12-15)30-31-25(17)29/h4-6,8,12-13,21-24,33-34H,7,9-11,14H2,1-3H3,(H3,29,30,31)/t21-,22?,23+,24+,26+,27+,28+/m0/s1. The van der Waals surface area contributed by atoms with Gasteiger partial charge in [0.25, 0.3) is 0 Å². The van der Waals surface area contributed by atoms with Gasteiger partial charge in [-0.15, -0.1) is 0 Å². The predicted molar refractivity (Wildman–Crippen MR) is 135 cm³/mol. The number of aliphatic hydroxyl groups is 2. The minimum Gasteiger partial charge on any atom is -0.388 e. The minimum atomic E-state index is -0.896. The number of aromatic amines is 1. The van der Waals surface area contributed by atoms with Crippen LogP contribution in [-0.4, -0.2) is 68.9 Å². The first kappa shape index (κ1) is 21.8. The monoisotopic (exact) mass is 474 g/mol. The molecule has 0 radical (unpaired) electrons. The summed E-state index contributed by atoms with van der Waals surface area (Å²) in [6.45, 7) is 2.39. The van der Waals surface area contributed by atoms with Crippen LogP contribution >= 0.6 is 0 Å². The molecule has 5 N–H and O–H groups in total. The van der Waals surface area contributed by atoms with Gasteiger partial charge in [0.1, 0.15) is 6.10 Å². The summed E-state index contributed by atoms with van der Waals surface area (Å²) in [5.41, 5.74) is 10.7. The molecule has 2 aromatic rings. The Balaban J connectivity index is 1.30. The summed E-state index contributed by atoms with van der Waals surface area (Å²) >= 11 is 0. The summed E-state index contributed by atoms with van der Waals surface area (Å²) < 4.78 is 7.22. The first-order valence-electron chi connectivity index (χ1n) is 12.8. The van der Waals surface area contributed by atoms with Gasteiger partial charge in [-0.2, -0.15) is 5.10 Å². The Morgan fingerprint density at radius 1 is 1.20 bits per heavy atom. The number of nitrogens with one attached hydrogen (secondary N) is 1. The Kier molecular flexibility index (Phi) is 4.27. The number of hydrogen-bond acceptors (Lipinski definition) is 6. The number of hydrogen-bond donors (Lipinski definition) is 4. The third-order valence-electron chi connectivity index (χ3n) is 10.00. The molecule has 2 aliphatic heterocycles. The minimum absolute atomic E-state index is 0.0483. The second kappa shape index (κ2) is 6.85. The molecule has 0 amide bonds. The molecular formula is C28H34N4O3. The van der Waals surface area contributed by atoms with Gasteiger partial charge in [0.05, 0.1) is 22.8 Å². The van der Waals surface area contributed by atoms with E-state index in [4.69, 9.17) is 10.5 Å². The molecule has 1 unspecified atom stereocenters. The van der Waals surface area contributed by atoms with E-state index in [-0.39, 0.29) is 17.1 Å². The first-order chi connectivity index (χ1) is 16.7. The number of nitrogens with two attached hydrogens (primary N) is 1. The fourth-order valence-electron chi connectivity index (χ4n) is 8.15. The molecular weight excluding hydrogens is 440 g/mol. The highest BCUT2D eigenvalue weighted by molar-refractivity contribution is 5.91. The van der Waals surface area contributed by atoms with Crippen LogP contribution in [0.15, 0.2) is 47.6 Å². The van der Waals surface area contributed by atoms with Gasteiger partial charge < -0.3 is 25.6 Å². The van der Waals surface area contributed by atoms with Crippen molar-refractivity contribution in [3.63, 3.8) is 0 Å². The summed E-state index contributed by atoms with van der Waals surface area (Å²) in [6.07, 6.45) is 9.65. The topological polar surface area (TPSA) is 108 Å². The van der Waals surface area contributed by atoms with Crippen molar-refractivity contribution in [1.29, 1.82) is 0 Å². The van der Waals surface area contributed by atoms with Crippen molar-refractivity contribution in [3.05, 3.63) is 53.1 Å². The van der Waals surface area contributed by atoms with Crippen molar-refractivity contribution in [2.24, 2.45) is 11.3 Å². The second-order valence-corrected chi connectivity index (χ2v) is 11.8. The molecule has 7 atom stereocenters. The number of benzene rings is 1. The maximum absolute atomic E-state index is 11.1. The molecule has 1 saturated heterocycles. The summed E-state index contributed by atoms with van der Waals surface area (Å²) in [7, 11) is 3.94. The zero-order valence-corrected chi connectivity index (χ0v) is 20.6. The normalized spacial score (nSPS) is 41.8. The van der Waals surface area contributed by atoms with Crippen LogP contribution in [0.5, 0.6) is 0 Å². The lowest BCUT2D eigenvalue weighted by molar-refractivity contribution is -0.161. The fraction of sp³-hybridized carbons (Fsp3) is 0.536. The maximum Gasteiger partial charge on any atom is 0.153 e. The van der Waals surface area contributed by atoms with Crippen LogP contribution in [0.1, 0.15) is 44.6 Å². The lowest BCUT2D eigenvalue weighted by atomic mass is 9.58. The van der Waals surface area contributed by atoms with Crippen molar-refractivity contribution >= 4 is 22.3 Å². The number of ether oxygens (including phenoxy) is 1. The van der Waals surface area contributed by atoms with Crippen molar-refractivity contribution in [2.75, 3.05) is 19.8 Å². The van der Waals surface area contributed by atoms with Gasteiger partial charge in [0, 0.05) is 22.8 Å². The van der Waals surface area contributed by atoms with E-state index in [1.54, 1.807) is 0 Å². The number of aromatic nitrogens is 2. The Hall–Kier alpha value is -2.45. The van der Waals surface area contributed by atoms with Crippen LogP contribution in [0.3, 0.4) is 0 Å². The largest absolute Gasteiger partial charge is 0.388 e. The van der Waals surface area contributed by atoms with Crippen LogP contribution in [0.25, 0.3) is 16.5 Å². The molecule has 2 spiro atoms. The molecule has 2 fully saturated rings. The van der Waals surface area contributed by atoms with E-state index in [1.807, 2.05) is 19.0 Å². The van der Waals surface area contributed by atoms with E-state index in [0.717, 1.165) is 42.2 Å². The molecule has 1 aromatic heterocycles. The van der Waals surface area contributed by atoms with Crippen LogP contribution in [0.2, 0.25) is 0 Å². The quantitative estimate of drug-likeness (QED) is 0.533. The number of nitrogens with zero attached hydrogens (tertiary/aromatic N) is 2. The molecule has 7 nitrogen and oxygen atoms in total. The smallest absolute Gasteiger partial charge is 0.153 e. The number of allylic oxidation sites excluding steroid dienone is 3. The third-order valence-corrected chi connectivity index (χ3v) is 10.00. The van der Waals surface area contributed by atoms with E-state index >= 15 is 0 Å². The van der Waals surface area contributed by atoms with Crippen molar-refractivity contribution < 1.29 is 14.9 Å². The molecule has 2 bridgehead atoms. The van der Waals surface area contributed by atoms with Gasteiger partial charge in [0.15, 0.2) is 5.82 Å². The summed E-state index contributed by atoms with van der Waals surface area (Å²) in [5, 5.41) is 30.2. The van der Waals surface area contributed by atoms with Crippen LogP contribution < -0.4 is 5.73 Å². The number of anilines is 1. The zero-order valence-electron chi connectivity index (χ0n) is 20.6. The predicted octanol–water partition coefficient (Wildman–Crippen LogP) is 3.17. The lowest BCUT2D eigenvalue weighted by Gasteiger charge is -2.55. The Morgan fingerprint density at radius 3 is 2.83 bits per heavy atom. The van der Waals surface area contributed by atoms with Crippen molar-refractivity contribution in [3.8, 4) is 0 Å². The lowest BCUT2D eigenvalue weighted by Crippen LogP contribution is -2.61. The SMILES string of the molecule is CN(C)[C@H]1C[C@@]23CC[C@@]4(O2)C(=CC[C@]2(C)C(c5ccc6c(N)n[nH]c6c5)=CCC24)C=C3[C@@H](O)[C@@H]1O. The number of rotatable bonds is 2. The number of aliphatic hydroxyl groups excluding tert-OH is 2. The number of nitrogen functional groups attached to an aromatic ring is 1. The molecule has 35 heavy (non-hydrogen) atoms. The van der Waals surface area contributed by atoms with Gasteiger partial charge in [0.2, 0.25) is 0 Å². The van der Waals surface area contributed by atoms with E-state index < -0.39 is 17.8 Å². The van der Waals surface area contributed by atoms with Crippen molar-refractivity contribution in [2.45, 2.75) is 68.5 Å². The molecule has 7 heteroatoms. The van der Waals surface area contributed by atoms with E-state index in [0.29, 0.717) is 18.2 Å². The van der Waals surface area contributed by atoms with Crippen molar-refractivity contribution in [1.82, 2.24) is 15.1 Å². The second-order valence-electron chi connectivity index (χ2n) is 11.8. The van der Waals surface area contributed by atoms with Crippen LogP contribution in [-0.2, 0) is 4.74 Å². The van der Waals surface area contributed by atoms with Gasteiger partial charge >= 0.3 is 0 Å². The third kappa shape index (κ3) is 2.62. The molecule has 3 aliphatic carbocycles. The average Bonchev–Trinajstić information content (AvgIpc) is 3.48. The summed E-state index contributed by atoms with van der Waals surface area (Å²) in [4.78, 5) is 2.03. The molecule has 5 aliphatic rings. The zero-order chi connectivity index (χ0) is 24.3. The maximum atomic E-state index is 11.1. The Morgan fingerprint density at radius 2 is 2.03 bits per heavy atom. The number of fused-ring (bicyclic) bond motifs is 2. The van der Waals surface area contributed by atoms with Gasteiger partial charge in [-0.1, -0.05) is 31.2 Å². The van der Waals surface area contributed by atoms with Crippen LogP contribution in [0.4, 0.5) is 5.82 Å². The fourth-order valence-corrected chi connectivity index (χ4v) is 8.15. The van der Waals surface area contributed by atoms with Gasteiger partial charge in [-0.05, 0) is 80.6 Å². The highest BCUT2D eigenvalue weighted by Crippen LogP contribution is 2.67. The first-order valence-corrected chi connectivity index (χ1v) is 12.8. The van der Waals surface area contributed by atoms with Gasteiger partial charge in [-0.3, -0.25) is 5.10 Å². The van der Waals surface area contributed by atoms with Gasteiger partial charge in [-0.25, -0.2) is 0 Å². The van der Waals surface area contributed by atoms with E-state index in [1.165, 1.54) is 16.7 Å². The summed E-state index contributed by atoms with van der Waals surface area (Å²) in [6, 6.07) is 6.27.